The van der Waals surface area contributed by atoms with Crippen LogP contribution in [0.25, 0.3) is 0 Å². The number of thioether (sulfide) groups is 1. The van der Waals surface area contributed by atoms with E-state index in [0.29, 0.717) is 10.6 Å². The van der Waals surface area contributed by atoms with E-state index in [4.69, 9.17) is 5.84 Å². The van der Waals surface area contributed by atoms with Crippen LogP contribution >= 0.6 is 11.8 Å². The molecule has 1 aromatic carbocycles. The molecule has 0 radical (unpaired) electrons. The average molecular weight is 308 g/mol. The molecule has 1 aromatic heterocycles. The molecule has 0 aliphatic heterocycles. The molecule has 21 heavy (non-hydrogen) atoms. The van der Waals surface area contributed by atoms with Gasteiger partial charge < -0.3 is 0 Å². The number of hydrogen-bond donors (Lipinski definition) is 2. The molecule has 2 aromatic rings. The highest BCUT2D eigenvalue weighted by Crippen LogP contribution is 2.22. The molecule has 0 bridgehead atoms. The van der Waals surface area contributed by atoms with Crippen molar-refractivity contribution in [3.05, 3.63) is 47.5 Å². The molecule has 2 rings (SSSR count). The summed E-state index contributed by atoms with van der Waals surface area (Å²) in [6.07, 6.45) is 1.68. The molecule has 1 atom stereocenters. The summed E-state index contributed by atoms with van der Waals surface area (Å²) in [5.74, 6) is 6.14. The van der Waals surface area contributed by atoms with Crippen LogP contribution in [0.4, 0.5) is 4.39 Å². The van der Waals surface area contributed by atoms with Gasteiger partial charge in [-0.15, -0.1) is 11.8 Å². The average Bonchev–Trinajstić information content (AvgIpc) is 2.85. The van der Waals surface area contributed by atoms with Gasteiger partial charge >= 0.3 is 0 Å². The highest BCUT2D eigenvalue weighted by molar-refractivity contribution is 7.99. The summed E-state index contributed by atoms with van der Waals surface area (Å²) < 4.78 is 15.5. The molecule has 0 saturated heterocycles. The standard InChI is InChI=1S/C15H21FN4S/c1-3-11-8-13(20(2)19-11)9-12(18-17)10-21-15-7-5-4-6-14(15)16/h4-8,12,18H,3,9-10,17H2,1-2H3. The Morgan fingerprint density at radius 3 is 2.81 bits per heavy atom. The second-order valence-corrected chi connectivity index (χ2v) is 5.98. The highest BCUT2D eigenvalue weighted by atomic mass is 32.2. The zero-order chi connectivity index (χ0) is 15.2. The Morgan fingerprint density at radius 1 is 1.43 bits per heavy atom. The Bertz CT molecular complexity index is 585. The van der Waals surface area contributed by atoms with E-state index in [-0.39, 0.29) is 11.9 Å². The molecule has 0 spiro atoms. The number of aromatic nitrogens is 2. The van der Waals surface area contributed by atoms with Crippen molar-refractivity contribution in [1.82, 2.24) is 15.2 Å². The number of hydrogen-bond acceptors (Lipinski definition) is 4. The van der Waals surface area contributed by atoms with Crippen molar-refractivity contribution in [1.29, 1.82) is 0 Å². The first kappa shape index (κ1) is 16.0. The van der Waals surface area contributed by atoms with E-state index in [9.17, 15) is 4.39 Å². The van der Waals surface area contributed by atoms with Gasteiger partial charge in [-0.1, -0.05) is 19.1 Å². The maximum Gasteiger partial charge on any atom is 0.136 e. The SMILES string of the molecule is CCc1cc(CC(CSc2ccccc2F)NN)n(C)n1. The minimum atomic E-state index is -0.188. The second-order valence-electron chi connectivity index (χ2n) is 4.91. The van der Waals surface area contributed by atoms with Crippen molar-refractivity contribution >= 4 is 11.8 Å². The molecule has 114 valence electrons. The first-order valence-corrected chi connectivity index (χ1v) is 7.97. The number of hydrazine groups is 1. The van der Waals surface area contributed by atoms with Crippen LogP contribution in [0.15, 0.2) is 35.2 Å². The normalized spacial score (nSPS) is 12.6. The molecule has 1 heterocycles. The van der Waals surface area contributed by atoms with Gasteiger partial charge in [0, 0.05) is 35.9 Å². The number of aryl methyl sites for hydroxylation is 2. The van der Waals surface area contributed by atoms with Crippen LogP contribution in [0.1, 0.15) is 18.3 Å². The summed E-state index contributed by atoms with van der Waals surface area (Å²) in [6, 6.07) is 8.95. The van der Waals surface area contributed by atoms with Crippen molar-refractivity contribution in [3.63, 3.8) is 0 Å². The molecule has 3 N–H and O–H groups in total. The van der Waals surface area contributed by atoms with Gasteiger partial charge in [0.25, 0.3) is 0 Å². The number of halogens is 1. The van der Waals surface area contributed by atoms with Crippen LogP contribution < -0.4 is 11.3 Å². The number of benzene rings is 1. The first-order valence-electron chi connectivity index (χ1n) is 6.99. The summed E-state index contributed by atoms with van der Waals surface area (Å²) in [7, 11) is 1.94. The lowest BCUT2D eigenvalue weighted by atomic mass is 10.2. The molecule has 0 aliphatic rings. The Labute approximate surface area is 128 Å². The fourth-order valence-electron chi connectivity index (χ4n) is 2.11. The minimum Gasteiger partial charge on any atom is -0.272 e. The van der Waals surface area contributed by atoms with Gasteiger partial charge in [-0.25, -0.2) is 4.39 Å². The smallest absolute Gasteiger partial charge is 0.136 e. The topological polar surface area (TPSA) is 55.9 Å². The first-order chi connectivity index (χ1) is 10.1. The third-order valence-corrected chi connectivity index (χ3v) is 4.57. The number of nitrogens with one attached hydrogen (secondary N) is 1. The molecule has 0 amide bonds. The van der Waals surface area contributed by atoms with E-state index in [2.05, 4.69) is 23.5 Å². The van der Waals surface area contributed by atoms with E-state index >= 15 is 0 Å². The molecule has 4 nitrogen and oxygen atoms in total. The highest BCUT2D eigenvalue weighted by Gasteiger charge is 2.13. The number of rotatable bonds is 7. The van der Waals surface area contributed by atoms with Crippen molar-refractivity contribution < 1.29 is 4.39 Å². The van der Waals surface area contributed by atoms with Gasteiger partial charge in [0.2, 0.25) is 0 Å². The number of nitrogens with zero attached hydrogens (tertiary/aromatic N) is 2. The quantitative estimate of drug-likeness (QED) is 0.468. The summed E-state index contributed by atoms with van der Waals surface area (Å²) in [6.45, 7) is 2.08. The van der Waals surface area contributed by atoms with Gasteiger partial charge in [-0.2, -0.15) is 5.10 Å². The third-order valence-electron chi connectivity index (χ3n) is 3.36. The van der Waals surface area contributed by atoms with Gasteiger partial charge in [0.05, 0.1) is 5.69 Å². The van der Waals surface area contributed by atoms with E-state index in [1.54, 1.807) is 12.1 Å². The van der Waals surface area contributed by atoms with Crippen molar-refractivity contribution in [2.24, 2.45) is 12.9 Å². The lowest BCUT2D eigenvalue weighted by Gasteiger charge is -2.15. The monoisotopic (exact) mass is 308 g/mol. The summed E-state index contributed by atoms with van der Waals surface area (Å²) >= 11 is 1.47. The molecule has 0 fully saturated rings. The van der Waals surface area contributed by atoms with Crippen LogP contribution in [0.3, 0.4) is 0 Å². The largest absolute Gasteiger partial charge is 0.272 e. The Morgan fingerprint density at radius 2 is 2.19 bits per heavy atom. The van der Waals surface area contributed by atoms with E-state index in [1.165, 1.54) is 17.8 Å². The summed E-state index contributed by atoms with van der Waals surface area (Å²) in [4.78, 5) is 0.650. The van der Waals surface area contributed by atoms with Gasteiger partial charge in [-0.05, 0) is 24.6 Å². The van der Waals surface area contributed by atoms with Crippen LogP contribution in [-0.4, -0.2) is 21.6 Å². The molecular formula is C15H21FN4S. The van der Waals surface area contributed by atoms with Crippen LogP contribution in [0, 0.1) is 5.82 Å². The lowest BCUT2D eigenvalue weighted by molar-refractivity contribution is 0.549. The Kier molecular flexibility index (Phi) is 5.78. The predicted molar refractivity (Wildman–Crippen MR) is 84.5 cm³/mol. The Hall–Kier alpha value is -1.37. The lowest BCUT2D eigenvalue weighted by Crippen LogP contribution is -2.39. The molecule has 0 aliphatic carbocycles. The van der Waals surface area contributed by atoms with Crippen molar-refractivity contribution in [2.45, 2.75) is 30.7 Å². The van der Waals surface area contributed by atoms with Gasteiger partial charge in [0.1, 0.15) is 5.82 Å². The van der Waals surface area contributed by atoms with Gasteiger partial charge in [0.15, 0.2) is 0 Å². The third kappa shape index (κ3) is 4.30. The molecule has 1 unspecified atom stereocenters. The van der Waals surface area contributed by atoms with E-state index in [1.807, 2.05) is 17.8 Å². The van der Waals surface area contributed by atoms with Crippen molar-refractivity contribution in [2.75, 3.05) is 5.75 Å². The maximum atomic E-state index is 13.6. The fraction of sp³-hybridized carbons (Fsp3) is 0.400. The molecular weight excluding hydrogens is 287 g/mol. The second kappa shape index (κ2) is 7.59. The van der Waals surface area contributed by atoms with Crippen molar-refractivity contribution in [3.8, 4) is 0 Å². The number of nitrogens with two attached hydrogens (primary N) is 1. The van der Waals surface area contributed by atoms with E-state index in [0.717, 1.165) is 24.2 Å². The zero-order valence-electron chi connectivity index (χ0n) is 12.3. The molecule has 0 saturated carbocycles. The van der Waals surface area contributed by atoms with Crippen LogP contribution in [0.5, 0.6) is 0 Å². The van der Waals surface area contributed by atoms with Crippen LogP contribution in [0.2, 0.25) is 0 Å². The van der Waals surface area contributed by atoms with Gasteiger partial charge in [-0.3, -0.25) is 16.0 Å². The van der Waals surface area contributed by atoms with E-state index < -0.39 is 0 Å². The zero-order valence-corrected chi connectivity index (χ0v) is 13.2. The fourth-order valence-corrected chi connectivity index (χ4v) is 3.08. The predicted octanol–water partition coefficient (Wildman–Crippen LogP) is 2.29. The minimum absolute atomic E-state index is 0.0645. The maximum absolute atomic E-state index is 13.6. The van der Waals surface area contributed by atoms with Crippen LogP contribution in [-0.2, 0) is 19.9 Å². The Balaban J connectivity index is 1.97. The summed E-state index contributed by atoms with van der Waals surface area (Å²) in [5.41, 5.74) is 5.01. The molecule has 6 heteroatoms. The summed E-state index contributed by atoms with van der Waals surface area (Å²) in [5, 5.41) is 4.43.